The van der Waals surface area contributed by atoms with Gasteiger partial charge in [-0.3, -0.25) is 9.59 Å². The van der Waals surface area contributed by atoms with Crippen molar-refractivity contribution in [2.45, 2.75) is 38.1 Å². The van der Waals surface area contributed by atoms with E-state index in [-0.39, 0.29) is 17.9 Å². The van der Waals surface area contributed by atoms with Crippen LogP contribution in [0.15, 0.2) is 60.7 Å². The fourth-order valence-electron chi connectivity index (χ4n) is 4.68. The molecule has 146 valence electrons. The first-order valence-corrected chi connectivity index (χ1v) is 10.4. The van der Waals surface area contributed by atoms with Crippen molar-refractivity contribution in [2.24, 2.45) is 5.92 Å². The Hall–Kier alpha value is -2.62. The third kappa shape index (κ3) is 4.11. The molecule has 0 unspecified atom stereocenters. The third-order valence-electron chi connectivity index (χ3n) is 6.17. The number of amides is 2. The summed E-state index contributed by atoms with van der Waals surface area (Å²) in [4.78, 5) is 29.8. The minimum atomic E-state index is 0.138. The second kappa shape index (κ2) is 8.59. The van der Waals surface area contributed by atoms with Crippen LogP contribution in [0.1, 0.15) is 41.6 Å². The van der Waals surface area contributed by atoms with E-state index in [1.165, 1.54) is 5.56 Å². The second-order valence-electron chi connectivity index (χ2n) is 7.95. The Morgan fingerprint density at radius 1 is 0.893 bits per heavy atom. The van der Waals surface area contributed by atoms with Gasteiger partial charge in [0.1, 0.15) is 0 Å². The van der Waals surface area contributed by atoms with Crippen molar-refractivity contribution in [1.29, 1.82) is 0 Å². The van der Waals surface area contributed by atoms with Gasteiger partial charge in [0.15, 0.2) is 0 Å². The van der Waals surface area contributed by atoms with Gasteiger partial charge in [-0.25, -0.2) is 0 Å². The highest BCUT2D eigenvalue weighted by molar-refractivity contribution is 5.94. The highest BCUT2D eigenvalue weighted by Crippen LogP contribution is 2.32. The molecule has 2 aliphatic heterocycles. The molecule has 4 rings (SSSR count). The number of likely N-dealkylation sites (tertiary alicyclic amines) is 2. The first-order valence-electron chi connectivity index (χ1n) is 10.4. The number of piperidine rings is 2. The average Bonchev–Trinajstić information content (AvgIpc) is 2.77. The molecule has 0 bridgehead atoms. The van der Waals surface area contributed by atoms with Crippen molar-refractivity contribution in [3.05, 3.63) is 71.8 Å². The predicted octanol–water partition coefficient (Wildman–Crippen LogP) is 3.77. The first-order chi connectivity index (χ1) is 13.7. The van der Waals surface area contributed by atoms with Crippen molar-refractivity contribution in [3.8, 4) is 0 Å². The average molecular weight is 377 g/mol. The number of rotatable bonds is 4. The summed E-state index contributed by atoms with van der Waals surface area (Å²) in [6, 6.07) is 20.0. The summed E-state index contributed by atoms with van der Waals surface area (Å²) in [7, 11) is 0. The molecule has 2 aromatic carbocycles. The Bertz CT molecular complexity index is 806. The van der Waals surface area contributed by atoms with Crippen LogP contribution in [0.3, 0.4) is 0 Å². The fraction of sp³-hybridized carbons (Fsp3) is 0.417. The number of aryl methyl sites for hydroxylation is 1. The molecule has 4 heteroatoms. The number of carbonyl (C=O) groups excluding carboxylic acids is 2. The maximum Gasteiger partial charge on any atom is 0.254 e. The van der Waals surface area contributed by atoms with E-state index in [0.29, 0.717) is 12.3 Å². The van der Waals surface area contributed by atoms with E-state index >= 15 is 0 Å². The molecule has 0 aliphatic carbocycles. The minimum absolute atomic E-state index is 0.138. The van der Waals surface area contributed by atoms with Gasteiger partial charge in [0.2, 0.25) is 5.91 Å². The molecule has 0 radical (unpaired) electrons. The number of hydrogen-bond acceptors (Lipinski definition) is 2. The van der Waals surface area contributed by atoms with Crippen LogP contribution in [0.2, 0.25) is 0 Å². The largest absolute Gasteiger partial charge is 0.342 e. The highest BCUT2D eigenvalue weighted by Gasteiger charge is 2.39. The second-order valence-corrected chi connectivity index (χ2v) is 7.95. The van der Waals surface area contributed by atoms with Crippen molar-refractivity contribution < 1.29 is 9.59 Å². The Labute approximate surface area is 167 Å². The van der Waals surface area contributed by atoms with Gasteiger partial charge in [-0.15, -0.1) is 0 Å². The monoisotopic (exact) mass is 376 g/mol. The molecular weight excluding hydrogens is 348 g/mol. The van der Waals surface area contributed by atoms with Gasteiger partial charge in [-0.2, -0.15) is 0 Å². The Balaban J connectivity index is 1.36. The van der Waals surface area contributed by atoms with E-state index in [1.54, 1.807) is 0 Å². The van der Waals surface area contributed by atoms with Gasteiger partial charge >= 0.3 is 0 Å². The third-order valence-corrected chi connectivity index (χ3v) is 6.17. The van der Waals surface area contributed by atoms with E-state index in [9.17, 15) is 9.59 Å². The van der Waals surface area contributed by atoms with Crippen LogP contribution < -0.4 is 0 Å². The molecule has 0 spiro atoms. The van der Waals surface area contributed by atoms with Gasteiger partial charge < -0.3 is 9.80 Å². The maximum absolute atomic E-state index is 13.0. The molecule has 2 fully saturated rings. The lowest BCUT2D eigenvalue weighted by atomic mass is 9.83. The molecule has 4 nitrogen and oxygen atoms in total. The van der Waals surface area contributed by atoms with Crippen LogP contribution in [0.4, 0.5) is 0 Å². The molecule has 0 aromatic heterocycles. The molecule has 0 N–H and O–H groups in total. The van der Waals surface area contributed by atoms with Crippen LogP contribution in [0.25, 0.3) is 0 Å². The lowest BCUT2D eigenvalue weighted by Crippen LogP contribution is -2.56. The summed E-state index contributed by atoms with van der Waals surface area (Å²) >= 11 is 0. The quantitative estimate of drug-likeness (QED) is 0.815. The zero-order chi connectivity index (χ0) is 19.3. The Morgan fingerprint density at radius 3 is 2.36 bits per heavy atom. The number of fused-ring (bicyclic) bond motifs is 1. The summed E-state index contributed by atoms with van der Waals surface area (Å²) in [5.74, 6) is 0.781. The topological polar surface area (TPSA) is 40.6 Å². The van der Waals surface area contributed by atoms with Crippen molar-refractivity contribution in [3.63, 3.8) is 0 Å². The van der Waals surface area contributed by atoms with E-state index in [0.717, 1.165) is 50.9 Å². The lowest BCUT2D eigenvalue weighted by molar-refractivity contribution is -0.134. The van der Waals surface area contributed by atoms with E-state index < -0.39 is 0 Å². The summed E-state index contributed by atoms with van der Waals surface area (Å²) in [5.41, 5.74) is 1.98. The molecule has 2 heterocycles. The molecule has 2 saturated heterocycles. The minimum Gasteiger partial charge on any atom is -0.342 e. The summed E-state index contributed by atoms with van der Waals surface area (Å²) in [5, 5.41) is 0. The summed E-state index contributed by atoms with van der Waals surface area (Å²) < 4.78 is 0. The van der Waals surface area contributed by atoms with Gasteiger partial charge in [0, 0.05) is 37.7 Å². The fourth-order valence-corrected chi connectivity index (χ4v) is 4.68. The molecular formula is C24H28N2O2. The molecule has 2 aliphatic rings. The number of carbonyl (C=O) groups is 2. The molecule has 2 atom stereocenters. The van der Waals surface area contributed by atoms with E-state index in [1.807, 2.05) is 53.4 Å². The van der Waals surface area contributed by atoms with Crippen LogP contribution in [-0.2, 0) is 11.2 Å². The first kappa shape index (κ1) is 18.7. The number of nitrogens with zero attached hydrogens (tertiary/aromatic N) is 2. The van der Waals surface area contributed by atoms with Crippen LogP contribution in [-0.4, -0.2) is 47.3 Å². The lowest BCUT2D eigenvalue weighted by Gasteiger charge is -2.47. The van der Waals surface area contributed by atoms with Gasteiger partial charge in [0.25, 0.3) is 5.91 Å². The molecule has 0 saturated carbocycles. The van der Waals surface area contributed by atoms with Crippen molar-refractivity contribution >= 4 is 11.8 Å². The molecule has 2 amide bonds. The van der Waals surface area contributed by atoms with Crippen molar-refractivity contribution in [2.75, 3.05) is 19.6 Å². The predicted molar refractivity (Wildman–Crippen MR) is 110 cm³/mol. The highest BCUT2D eigenvalue weighted by atomic mass is 16.2. The van der Waals surface area contributed by atoms with Crippen LogP contribution >= 0.6 is 0 Å². The van der Waals surface area contributed by atoms with E-state index in [4.69, 9.17) is 0 Å². The maximum atomic E-state index is 13.0. The van der Waals surface area contributed by atoms with Crippen molar-refractivity contribution in [1.82, 2.24) is 9.80 Å². The molecule has 28 heavy (non-hydrogen) atoms. The summed E-state index contributed by atoms with van der Waals surface area (Å²) in [6.45, 7) is 2.38. The van der Waals surface area contributed by atoms with Gasteiger partial charge in [-0.05, 0) is 49.3 Å². The Kier molecular flexibility index (Phi) is 5.75. The smallest absolute Gasteiger partial charge is 0.254 e. The van der Waals surface area contributed by atoms with Crippen LogP contribution in [0, 0.1) is 5.92 Å². The van der Waals surface area contributed by atoms with Gasteiger partial charge in [0.05, 0.1) is 0 Å². The van der Waals surface area contributed by atoms with Crippen LogP contribution in [0.5, 0.6) is 0 Å². The summed E-state index contributed by atoms with van der Waals surface area (Å²) in [6.07, 6.45) is 4.37. The number of benzene rings is 2. The number of hydrogen-bond donors (Lipinski definition) is 0. The normalized spacial score (nSPS) is 21.9. The molecule has 2 aromatic rings. The Morgan fingerprint density at radius 2 is 1.61 bits per heavy atom. The standard InChI is InChI=1S/C24H28N2O2/c27-23(14-13-19-8-3-1-4-9-19)25-17-15-22-21(18-25)12-7-16-26(22)24(28)20-10-5-2-6-11-20/h1-6,8-11,21-22H,7,12-18H2/t21-,22-/m1/s1. The SMILES string of the molecule is O=C(CCc1ccccc1)N1CC[C@@H]2[C@H](CCCN2C(=O)c2ccccc2)C1. The van der Waals surface area contributed by atoms with E-state index in [2.05, 4.69) is 17.0 Å². The zero-order valence-corrected chi connectivity index (χ0v) is 16.3. The zero-order valence-electron chi connectivity index (χ0n) is 16.3. The van der Waals surface area contributed by atoms with Gasteiger partial charge in [-0.1, -0.05) is 48.5 Å².